The predicted molar refractivity (Wildman–Crippen MR) is 117 cm³/mol. The number of benzene rings is 3. The van der Waals surface area contributed by atoms with Gasteiger partial charge in [0, 0.05) is 6.54 Å². The topological polar surface area (TPSA) is 93.3 Å². The van der Waals surface area contributed by atoms with Gasteiger partial charge in [-0.1, -0.05) is 42.5 Å². The number of rotatable bonds is 8. The summed E-state index contributed by atoms with van der Waals surface area (Å²) in [6, 6.07) is 24.1. The molecule has 4 aromatic rings. The molecular formula is C24H21N3O4. The number of hydrogen-bond acceptors (Lipinski definition) is 5. The second-order valence-corrected chi connectivity index (χ2v) is 6.86. The quantitative estimate of drug-likeness (QED) is 0.459. The molecule has 0 spiro atoms. The number of para-hydroxylation sites is 2. The maximum Gasteiger partial charge on any atom is 0.258 e. The minimum atomic E-state index is -0.266. The van der Waals surface area contributed by atoms with Crippen LogP contribution in [0, 0.1) is 0 Å². The van der Waals surface area contributed by atoms with Crippen LogP contribution in [0.2, 0.25) is 0 Å². The van der Waals surface area contributed by atoms with E-state index in [1.807, 2.05) is 60.7 Å². The summed E-state index contributed by atoms with van der Waals surface area (Å²) < 4.78 is 11.2. The highest BCUT2D eigenvalue weighted by atomic mass is 16.5. The van der Waals surface area contributed by atoms with Crippen LogP contribution >= 0.6 is 0 Å². The highest BCUT2D eigenvalue weighted by Crippen LogP contribution is 2.21. The van der Waals surface area contributed by atoms with Gasteiger partial charge in [-0.2, -0.15) is 0 Å². The third kappa shape index (κ3) is 5.55. The minimum Gasteiger partial charge on any atom is -0.457 e. The van der Waals surface area contributed by atoms with Gasteiger partial charge in [0.1, 0.15) is 30.5 Å². The van der Waals surface area contributed by atoms with E-state index in [1.54, 1.807) is 18.2 Å². The molecule has 4 rings (SSSR count). The van der Waals surface area contributed by atoms with E-state index in [0.29, 0.717) is 29.0 Å². The summed E-state index contributed by atoms with van der Waals surface area (Å²) in [4.78, 5) is 31.2. The summed E-state index contributed by atoms with van der Waals surface area (Å²) in [6.07, 6.45) is 0. The number of H-pyrrole nitrogens is 1. The first-order chi connectivity index (χ1) is 15.2. The first-order valence-electron chi connectivity index (χ1n) is 9.81. The Morgan fingerprint density at radius 2 is 1.71 bits per heavy atom. The van der Waals surface area contributed by atoms with Crippen LogP contribution in [0.5, 0.6) is 11.5 Å². The molecule has 0 aliphatic carbocycles. The summed E-state index contributed by atoms with van der Waals surface area (Å²) in [7, 11) is 0. The van der Waals surface area contributed by atoms with E-state index >= 15 is 0 Å². The number of aromatic amines is 1. The number of amides is 1. The third-order valence-corrected chi connectivity index (χ3v) is 4.50. The van der Waals surface area contributed by atoms with Crippen molar-refractivity contribution in [1.29, 1.82) is 0 Å². The Labute approximate surface area is 178 Å². The molecule has 1 heterocycles. The maximum atomic E-state index is 12.1. The molecule has 0 bridgehead atoms. The number of carbonyl (C=O) groups is 1. The molecular weight excluding hydrogens is 394 g/mol. The van der Waals surface area contributed by atoms with Crippen molar-refractivity contribution in [1.82, 2.24) is 15.3 Å². The van der Waals surface area contributed by atoms with Gasteiger partial charge in [0.15, 0.2) is 0 Å². The normalized spacial score (nSPS) is 10.7. The van der Waals surface area contributed by atoms with Gasteiger partial charge >= 0.3 is 0 Å². The van der Waals surface area contributed by atoms with Crippen molar-refractivity contribution in [3.63, 3.8) is 0 Å². The van der Waals surface area contributed by atoms with Crippen LogP contribution < -0.4 is 15.6 Å². The predicted octanol–water partition coefficient (Wildman–Crippen LogP) is 3.55. The Balaban J connectivity index is 1.26. The van der Waals surface area contributed by atoms with Crippen LogP contribution in [0.1, 0.15) is 11.4 Å². The van der Waals surface area contributed by atoms with Crippen LogP contribution in [0.15, 0.2) is 83.7 Å². The van der Waals surface area contributed by atoms with E-state index in [2.05, 4.69) is 15.3 Å². The van der Waals surface area contributed by atoms with E-state index in [0.717, 1.165) is 11.3 Å². The second-order valence-electron chi connectivity index (χ2n) is 6.86. The summed E-state index contributed by atoms with van der Waals surface area (Å²) in [5.41, 5.74) is 1.26. The Kier molecular flexibility index (Phi) is 6.35. The summed E-state index contributed by atoms with van der Waals surface area (Å²) >= 11 is 0. The standard InChI is InChI=1S/C24H21N3O4/c28-23(16-30-15-22-26-21-12-5-4-11-20(21)24(29)27-22)25-14-17-7-6-10-19(13-17)31-18-8-2-1-3-9-18/h1-13H,14-16H2,(H,25,28)(H,26,27,29). The van der Waals surface area contributed by atoms with Crippen LogP contribution in [-0.2, 0) is 22.7 Å². The van der Waals surface area contributed by atoms with Gasteiger partial charge < -0.3 is 19.8 Å². The number of aromatic nitrogens is 2. The van der Waals surface area contributed by atoms with E-state index in [-0.39, 0.29) is 24.7 Å². The lowest BCUT2D eigenvalue weighted by Gasteiger charge is -2.09. The molecule has 1 aromatic heterocycles. The molecule has 0 fully saturated rings. The smallest absolute Gasteiger partial charge is 0.258 e. The largest absolute Gasteiger partial charge is 0.457 e. The first-order valence-corrected chi connectivity index (χ1v) is 9.81. The highest BCUT2D eigenvalue weighted by Gasteiger charge is 2.06. The van der Waals surface area contributed by atoms with Crippen LogP contribution in [0.4, 0.5) is 0 Å². The molecule has 0 saturated heterocycles. The number of carbonyl (C=O) groups excluding carboxylic acids is 1. The molecule has 2 N–H and O–H groups in total. The van der Waals surface area contributed by atoms with Crippen LogP contribution in [-0.4, -0.2) is 22.5 Å². The van der Waals surface area contributed by atoms with E-state index in [1.165, 1.54) is 0 Å². The molecule has 0 atom stereocenters. The first kappa shape index (κ1) is 20.3. The highest BCUT2D eigenvalue weighted by molar-refractivity contribution is 5.77. The van der Waals surface area contributed by atoms with Crippen molar-refractivity contribution in [3.8, 4) is 11.5 Å². The van der Waals surface area contributed by atoms with E-state index in [9.17, 15) is 9.59 Å². The van der Waals surface area contributed by atoms with Gasteiger partial charge in [0.2, 0.25) is 5.91 Å². The Bertz CT molecular complexity index is 1240. The fourth-order valence-corrected chi connectivity index (χ4v) is 3.04. The molecule has 0 unspecified atom stereocenters. The van der Waals surface area contributed by atoms with Crippen molar-refractivity contribution in [2.45, 2.75) is 13.2 Å². The Hall–Kier alpha value is -3.97. The average Bonchev–Trinajstić information content (AvgIpc) is 2.79. The van der Waals surface area contributed by atoms with Gasteiger partial charge in [-0.15, -0.1) is 0 Å². The number of nitrogens with one attached hydrogen (secondary N) is 2. The molecule has 7 heteroatoms. The van der Waals surface area contributed by atoms with Gasteiger partial charge in [0.25, 0.3) is 5.56 Å². The third-order valence-electron chi connectivity index (χ3n) is 4.50. The zero-order chi connectivity index (χ0) is 21.5. The number of ether oxygens (including phenoxy) is 2. The van der Waals surface area contributed by atoms with Crippen molar-refractivity contribution in [2.75, 3.05) is 6.61 Å². The molecule has 0 saturated carbocycles. The van der Waals surface area contributed by atoms with E-state index < -0.39 is 0 Å². The van der Waals surface area contributed by atoms with Crippen molar-refractivity contribution >= 4 is 16.8 Å². The molecule has 3 aromatic carbocycles. The van der Waals surface area contributed by atoms with Crippen molar-refractivity contribution in [2.24, 2.45) is 0 Å². The number of fused-ring (bicyclic) bond motifs is 1. The Morgan fingerprint density at radius 1 is 0.935 bits per heavy atom. The zero-order valence-corrected chi connectivity index (χ0v) is 16.7. The molecule has 0 radical (unpaired) electrons. The molecule has 0 aliphatic heterocycles. The minimum absolute atomic E-state index is 0.0356. The lowest BCUT2D eigenvalue weighted by Crippen LogP contribution is -2.27. The summed E-state index contributed by atoms with van der Waals surface area (Å²) in [5, 5.41) is 3.32. The monoisotopic (exact) mass is 415 g/mol. The maximum absolute atomic E-state index is 12.1. The molecule has 31 heavy (non-hydrogen) atoms. The molecule has 156 valence electrons. The Morgan fingerprint density at radius 3 is 2.58 bits per heavy atom. The summed E-state index contributed by atoms with van der Waals surface area (Å²) in [5.74, 6) is 1.55. The van der Waals surface area contributed by atoms with E-state index in [4.69, 9.17) is 9.47 Å². The molecule has 7 nitrogen and oxygen atoms in total. The van der Waals surface area contributed by atoms with Gasteiger partial charge in [-0.25, -0.2) is 4.98 Å². The van der Waals surface area contributed by atoms with Crippen LogP contribution in [0.25, 0.3) is 10.9 Å². The van der Waals surface area contributed by atoms with Crippen LogP contribution in [0.3, 0.4) is 0 Å². The second kappa shape index (κ2) is 9.69. The van der Waals surface area contributed by atoms with Gasteiger partial charge in [-0.05, 0) is 42.0 Å². The average molecular weight is 415 g/mol. The lowest BCUT2D eigenvalue weighted by atomic mass is 10.2. The van der Waals surface area contributed by atoms with Gasteiger partial charge in [-0.3, -0.25) is 9.59 Å². The summed E-state index contributed by atoms with van der Waals surface area (Å²) in [6.45, 7) is 0.240. The SMILES string of the molecule is O=C(COCc1nc2ccccc2c(=O)[nH]1)NCc1cccc(Oc2ccccc2)c1. The fraction of sp³-hybridized carbons (Fsp3) is 0.125. The molecule has 1 amide bonds. The van der Waals surface area contributed by atoms with Crippen molar-refractivity contribution < 1.29 is 14.3 Å². The lowest BCUT2D eigenvalue weighted by molar-refractivity contribution is -0.126. The number of hydrogen-bond donors (Lipinski definition) is 2. The number of nitrogens with zero attached hydrogens (tertiary/aromatic N) is 1. The molecule has 0 aliphatic rings. The van der Waals surface area contributed by atoms with Gasteiger partial charge in [0.05, 0.1) is 10.9 Å². The van der Waals surface area contributed by atoms with Crippen molar-refractivity contribution in [3.05, 3.63) is 101 Å². The fourth-order valence-electron chi connectivity index (χ4n) is 3.04. The zero-order valence-electron chi connectivity index (χ0n) is 16.7.